The molecule has 0 aromatic heterocycles. The van der Waals surface area contributed by atoms with Gasteiger partial charge in [-0.1, -0.05) is 70.9 Å². The van der Waals surface area contributed by atoms with Gasteiger partial charge in [0.1, 0.15) is 12.6 Å². The van der Waals surface area contributed by atoms with E-state index in [2.05, 4.69) is 21.2 Å². The molecule has 0 saturated carbocycles. The number of carbonyl (C=O) groups is 2. The van der Waals surface area contributed by atoms with E-state index in [1.165, 1.54) is 17.0 Å². The van der Waals surface area contributed by atoms with Gasteiger partial charge in [0.2, 0.25) is 11.8 Å². The largest absolute Gasteiger partial charge is 0.352 e. The minimum atomic E-state index is -4.09. The predicted octanol–water partition coefficient (Wildman–Crippen LogP) is 5.59. The molecule has 0 heterocycles. The third kappa shape index (κ3) is 7.70. The summed E-state index contributed by atoms with van der Waals surface area (Å²) >= 11 is 3.46. The standard InChI is InChI=1S/C30H36BrN3O4S/c1-6-23(4)32-30(36)24(5)33(19-25-11-10-12-26(31)18-25)29(35)20-34(28-16-15-21(2)17-22(28)3)39(37,38)27-13-8-7-9-14-27/h7-18,23-24H,6,19-20H2,1-5H3,(H,32,36)/t23-,24+/m0/s1. The molecule has 3 aromatic carbocycles. The molecule has 3 aromatic rings. The molecule has 208 valence electrons. The monoisotopic (exact) mass is 613 g/mol. The van der Waals surface area contributed by atoms with Crippen LogP contribution in [0.15, 0.2) is 82.2 Å². The third-order valence-corrected chi connectivity index (χ3v) is 8.91. The molecule has 2 amide bonds. The number of nitrogens with one attached hydrogen (secondary N) is 1. The number of anilines is 1. The van der Waals surface area contributed by atoms with Crippen molar-refractivity contribution in [1.82, 2.24) is 10.2 Å². The second-order valence-corrected chi connectivity index (χ2v) is 12.5. The van der Waals surface area contributed by atoms with Crippen molar-refractivity contribution in [3.63, 3.8) is 0 Å². The van der Waals surface area contributed by atoms with Gasteiger partial charge in [-0.3, -0.25) is 13.9 Å². The predicted molar refractivity (Wildman–Crippen MR) is 159 cm³/mol. The van der Waals surface area contributed by atoms with Crippen LogP contribution in [-0.2, 0) is 26.2 Å². The quantitative estimate of drug-likeness (QED) is 0.305. The van der Waals surface area contributed by atoms with E-state index in [1.54, 1.807) is 31.2 Å². The van der Waals surface area contributed by atoms with Crippen LogP contribution in [-0.4, -0.2) is 43.8 Å². The molecule has 0 saturated heterocycles. The molecular formula is C30H36BrN3O4S. The molecule has 1 N–H and O–H groups in total. The minimum Gasteiger partial charge on any atom is -0.352 e. The fourth-order valence-corrected chi connectivity index (χ4v) is 6.14. The fraction of sp³-hybridized carbons (Fsp3) is 0.333. The third-order valence-electron chi connectivity index (χ3n) is 6.64. The first-order valence-corrected chi connectivity index (χ1v) is 15.2. The summed E-state index contributed by atoms with van der Waals surface area (Å²) < 4.78 is 29.8. The lowest BCUT2D eigenvalue weighted by molar-refractivity contribution is -0.139. The van der Waals surface area contributed by atoms with Crippen LogP contribution in [0.3, 0.4) is 0 Å². The molecule has 7 nitrogen and oxygen atoms in total. The van der Waals surface area contributed by atoms with E-state index in [0.717, 1.165) is 31.9 Å². The van der Waals surface area contributed by atoms with Crippen LogP contribution < -0.4 is 9.62 Å². The average molecular weight is 615 g/mol. The van der Waals surface area contributed by atoms with Crippen molar-refractivity contribution in [2.45, 2.75) is 64.6 Å². The lowest BCUT2D eigenvalue weighted by Crippen LogP contribution is -2.52. The number of rotatable bonds is 11. The Morgan fingerprint density at radius 1 is 0.949 bits per heavy atom. The number of benzene rings is 3. The lowest BCUT2D eigenvalue weighted by atomic mass is 10.1. The van der Waals surface area contributed by atoms with Crippen LogP contribution in [0.5, 0.6) is 0 Å². The molecule has 0 spiro atoms. The Kier molecular flexibility index (Phi) is 10.3. The molecule has 0 aliphatic heterocycles. The number of hydrogen-bond donors (Lipinski definition) is 1. The number of halogens is 1. The maximum absolute atomic E-state index is 14.0. The number of carbonyl (C=O) groups excluding carboxylic acids is 2. The summed E-state index contributed by atoms with van der Waals surface area (Å²) in [6.45, 7) is 8.96. The Bertz CT molecular complexity index is 1410. The number of nitrogens with zero attached hydrogens (tertiary/aromatic N) is 2. The molecule has 2 atom stereocenters. The second-order valence-electron chi connectivity index (χ2n) is 9.76. The van der Waals surface area contributed by atoms with Gasteiger partial charge in [0.15, 0.2) is 0 Å². The maximum atomic E-state index is 14.0. The number of sulfonamides is 1. The first-order valence-electron chi connectivity index (χ1n) is 12.9. The summed E-state index contributed by atoms with van der Waals surface area (Å²) in [5, 5.41) is 2.94. The Balaban J connectivity index is 2.05. The topological polar surface area (TPSA) is 86.8 Å². The zero-order valence-corrected chi connectivity index (χ0v) is 25.4. The van der Waals surface area contributed by atoms with Gasteiger partial charge < -0.3 is 10.2 Å². The van der Waals surface area contributed by atoms with Crippen molar-refractivity contribution in [2.75, 3.05) is 10.8 Å². The zero-order valence-electron chi connectivity index (χ0n) is 23.0. The van der Waals surface area contributed by atoms with Crippen LogP contribution >= 0.6 is 15.9 Å². The molecule has 0 aliphatic rings. The minimum absolute atomic E-state index is 0.0621. The van der Waals surface area contributed by atoms with Crippen LogP contribution in [0.1, 0.15) is 43.9 Å². The zero-order chi connectivity index (χ0) is 28.7. The summed E-state index contributed by atoms with van der Waals surface area (Å²) in [6, 6.07) is 20.1. The summed E-state index contributed by atoms with van der Waals surface area (Å²) in [5.74, 6) is -0.780. The van der Waals surface area contributed by atoms with E-state index in [4.69, 9.17) is 0 Å². The molecule has 0 fully saturated rings. The first kappa shape index (κ1) is 30.4. The van der Waals surface area contributed by atoms with E-state index in [0.29, 0.717) is 5.69 Å². The van der Waals surface area contributed by atoms with Crippen LogP contribution in [0, 0.1) is 13.8 Å². The highest BCUT2D eigenvalue weighted by molar-refractivity contribution is 9.10. The Morgan fingerprint density at radius 3 is 2.26 bits per heavy atom. The summed E-state index contributed by atoms with van der Waals surface area (Å²) in [7, 11) is -4.09. The van der Waals surface area contributed by atoms with Crippen molar-refractivity contribution in [2.24, 2.45) is 0 Å². The Hall–Kier alpha value is -3.17. The highest BCUT2D eigenvalue weighted by Gasteiger charge is 2.33. The first-order chi connectivity index (χ1) is 18.4. The van der Waals surface area contributed by atoms with Crippen LogP contribution in [0.25, 0.3) is 0 Å². The SMILES string of the molecule is CC[C@H](C)NC(=O)[C@@H](C)N(Cc1cccc(Br)c1)C(=O)CN(c1ccc(C)cc1C)S(=O)(=O)c1ccccc1. The van der Waals surface area contributed by atoms with E-state index in [9.17, 15) is 18.0 Å². The number of amides is 2. The van der Waals surface area contributed by atoms with Crippen molar-refractivity contribution >= 4 is 43.5 Å². The molecule has 3 rings (SSSR count). The fourth-order valence-electron chi connectivity index (χ4n) is 4.20. The maximum Gasteiger partial charge on any atom is 0.264 e. The Morgan fingerprint density at radius 2 is 1.64 bits per heavy atom. The van der Waals surface area contributed by atoms with Gasteiger partial charge in [-0.05, 0) is 75.6 Å². The average Bonchev–Trinajstić information content (AvgIpc) is 2.90. The highest BCUT2D eigenvalue weighted by atomic mass is 79.9. The van der Waals surface area contributed by atoms with E-state index in [-0.39, 0.29) is 23.4 Å². The normalized spacial score (nSPS) is 12.9. The van der Waals surface area contributed by atoms with E-state index in [1.807, 2.05) is 64.1 Å². The van der Waals surface area contributed by atoms with Crippen molar-refractivity contribution in [3.05, 3.63) is 94.0 Å². The van der Waals surface area contributed by atoms with E-state index < -0.39 is 28.5 Å². The second kappa shape index (κ2) is 13.3. The van der Waals surface area contributed by atoms with Crippen LogP contribution in [0.2, 0.25) is 0 Å². The van der Waals surface area contributed by atoms with Gasteiger partial charge in [-0.25, -0.2) is 8.42 Å². The summed E-state index contributed by atoms with van der Waals surface area (Å²) in [5.41, 5.74) is 2.93. The van der Waals surface area contributed by atoms with Gasteiger partial charge >= 0.3 is 0 Å². The molecular weight excluding hydrogens is 578 g/mol. The summed E-state index contributed by atoms with van der Waals surface area (Å²) in [6.07, 6.45) is 0.744. The van der Waals surface area contributed by atoms with Crippen molar-refractivity contribution < 1.29 is 18.0 Å². The molecule has 0 unspecified atom stereocenters. The van der Waals surface area contributed by atoms with Gasteiger partial charge in [0.05, 0.1) is 10.6 Å². The molecule has 0 aliphatic carbocycles. The molecule has 0 radical (unpaired) electrons. The number of hydrogen-bond acceptors (Lipinski definition) is 4. The molecule has 9 heteroatoms. The van der Waals surface area contributed by atoms with Gasteiger partial charge in [0.25, 0.3) is 10.0 Å². The lowest BCUT2D eigenvalue weighted by Gasteiger charge is -2.33. The molecule has 39 heavy (non-hydrogen) atoms. The molecule has 0 bridgehead atoms. The van der Waals surface area contributed by atoms with E-state index >= 15 is 0 Å². The van der Waals surface area contributed by atoms with Crippen molar-refractivity contribution in [1.29, 1.82) is 0 Å². The Labute approximate surface area is 240 Å². The highest BCUT2D eigenvalue weighted by Crippen LogP contribution is 2.28. The van der Waals surface area contributed by atoms with Crippen LogP contribution in [0.4, 0.5) is 5.69 Å². The number of aryl methyl sites for hydroxylation is 2. The smallest absolute Gasteiger partial charge is 0.264 e. The van der Waals surface area contributed by atoms with Gasteiger partial charge in [-0.2, -0.15) is 0 Å². The van der Waals surface area contributed by atoms with Gasteiger partial charge in [-0.15, -0.1) is 0 Å². The summed E-state index contributed by atoms with van der Waals surface area (Å²) in [4.78, 5) is 28.7. The van der Waals surface area contributed by atoms with Gasteiger partial charge in [0, 0.05) is 17.1 Å². The van der Waals surface area contributed by atoms with Crippen molar-refractivity contribution in [3.8, 4) is 0 Å².